The second-order valence-corrected chi connectivity index (χ2v) is 8.76. The number of fused-ring (bicyclic) bond motifs is 1. The van der Waals surface area contributed by atoms with Gasteiger partial charge in [-0.3, -0.25) is 20.2 Å². The quantitative estimate of drug-likeness (QED) is 0.138. The first-order valence-corrected chi connectivity index (χ1v) is 11.4. The van der Waals surface area contributed by atoms with E-state index in [0.717, 1.165) is 34.3 Å². The van der Waals surface area contributed by atoms with Gasteiger partial charge in [0.1, 0.15) is 16.5 Å². The van der Waals surface area contributed by atoms with Crippen molar-refractivity contribution in [3.8, 4) is 5.75 Å². The molecule has 8 nitrogen and oxygen atoms in total. The topological polar surface area (TPSA) is 109 Å². The van der Waals surface area contributed by atoms with Crippen molar-refractivity contribution in [2.75, 3.05) is 5.32 Å². The number of aryl methyl sites for hydroxylation is 1. The van der Waals surface area contributed by atoms with Crippen LogP contribution in [0.25, 0.3) is 10.9 Å². The van der Waals surface area contributed by atoms with Crippen LogP contribution in [0, 0.1) is 24.0 Å². The van der Waals surface area contributed by atoms with E-state index in [1.807, 2.05) is 38.1 Å². The van der Waals surface area contributed by atoms with Crippen molar-refractivity contribution >= 4 is 57.1 Å². The largest absolute Gasteiger partial charge is 0.506 e. The summed E-state index contributed by atoms with van der Waals surface area (Å²) < 4.78 is 2.21. The summed E-state index contributed by atoms with van der Waals surface area (Å²) >= 11 is 11.2. The van der Waals surface area contributed by atoms with E-state index in [2.05, 4.69) is 27.3 Å². The standard InChI is InChI=1S/C25H21ClN4O4S/c1-14-15(2)29(13-16-6-4-3-5-7-16)19-9-8-17(12-18(14)19)24(32)28-25(35)27-23-21(31)11-10-20(22(23)26)30(33)34/h3-12,31H,13H2,1-2H3,(H2,27,28,32,35). The zero-order valence-corrected chi connectivity index (χ0v) is 20.4. The molecule has 3 N–H and O–H groups in total. The molecule has 1 heterocycles. The van der Waals surface area contributed by atoms with Crippen LogP contribution in [-0.4, -0.2) is 25.6 Å². The van der Waals surface area contributed by atoms with Crippen LogP contribution in [0.3, 0.4) is 0 Å². The van der Waals surface area contributed by atoms with Gasteiger partial charge in [0.2, 0.25) is 0 Å². The van der Waals surface area contributed by atoms with Gasteiger partial charge < -0.3 is 15.0 Å². The van der Waals surface area contributed by atoms with Crippen LogP contribution in [0.2, 0.25) is 5.02 Å². The van der Waals surface area contributed by atoms with Crippen molar-refractivity contribution in [2.24, 2.45) is 0 Å². The number of aromatic nitrogens is 1. The minimum atomic E-state index is -0.682. The third kappa shape index (κ3) is 4.82. The lowest BCUT2D eigenvalue weighted by Gasteiger charge is -2.13. The van der Waals surface area contributed by atoms with Gasteiger partial charge in [0.05, 0.1) is 4.92 Å². The maximum Gasteiger partial charge on any atom is 0.290 e. The number of hydrogen-bond acceptors (Lipinski definition) is 5. The summed E-state index contributed by atoms with van der Waals surface area (Å²) in [6.45, 7) is 4.77. The highest BCUT2D eigenvalue weighted by atomic mass is 35.5. The minimum absolute atomic E-state index is 0.161. The van der Waals surface area contributed by atoms with E-state index in [9.17, 15) is 20.0 Å². The number of nitro groups is 1. The smallest absolute Gasteiger partial charge is 0.290 e. The van der Waals surface area contributed by atoms with E-state index < -0.39 is 16.5 Å². The fourth-order valence-electron chi connectivity index (χ4n) is 3.90. The molecule has 0 radical (unpaired) electrons. The Morgan fingerprint density at radius 2 is 1.86 bits per heavy atom. The van der Waals surface area contributed by atoms with Crippen molar-refractivity contribution in [3.63, 3.8) is 0 Å². The van der Waals surface area contributed by atoms with Crippen LogP contribution < -0.4 is 10.6 Å². The SMILES string of the molecule is Cc1c(C)n(Cc2ccccc2)c2ccc(C(=O)NC(=S)Nc3c(O)ccc([N+](=O)[O-])c3Cl)cc12. The van der Waals surface area contributed by atoms with Crippen LogP contribution in [0.1, 0.15) is 27.2 Å². The molecular formula is C25H21ClN4O4S. The number of hydrogen-bond donors (Lipinski definition) is 3. The van der Waals surface area contributed by atoms with Crippen LogP contribution >= 0.6 is 23.8 Å². The monoisotopic (exact) mass is 508 g/mol. The van der Waals surface area contributed by atoms with Crippen LogP contribution in [0.4, 0.5) is 11.4 Å². The van der Waals surface area contributed by atoms with Gasteiger partial charge in [-0.1, -0.05) is 41.9 Å². The Labute approximate surface area is 211 Å². The Morgan fingerprint density at radius 3 is 2.54 bits per heavy atom. The maximum atomic E-state index is 12.9. The fourth-order valence-corrected chi connectivity index (χ4v) is 4.37. The summed E-state index contributed by atoms with van der Waals surface area (Å²) in [6, 6.07) is 17.7. The summed E-state index contributed by atoms with van der Waals surface area (Å²) in [4.78, 5) is 23.3. The lowest BCUT2D eigenvalue weighted by molar-refractivity contribution is -0.384. The van der Waals surface area contributed by atoms with Gasteiger partial charge in [0.15, 0.2) is 5.11 Å². The van der Waals surface area contributed by atoms with E-state index in [-0.39, 0.29) is 21.6 Å². The fraction of sp³-hybridized carbons (Fsp3) is 0.120. The van der Waals surface area contributed by atoms with Crippen molar-refractivity contribution in [1.29, 1.82) is 0 Å². The maximum absolute atomic E-state index is 12.9. The predicted molar refractivity (Wildman–Crippen MR) is 140 cm³/mol. The van der Waals surface area contributed by atoms with E-state index in [1.165, 1.54) is 5.56 Å². The molecule has 35 heavy (non-hydrogen) atoms. The first-order chi connectivity index (χ1) is 16.7. The molecule has 0 saturated heterocycles. The van der Waals surface area contributed by atoms with Gasteiger partial charge in [-0.05, 0) is 61.5 Å². The van der Waals surface area contributed by atoms with Gasteiger partial charge in [0.25, 0.3) is 11.6 Å². The number of benzene rings is 3. The molecule has 4 rings (SSSR count). The Hall–Kier alpha value is -3.95. The molecule has 0 aliphatic rings. The van der Waals surface area contributed by atoms with Crippen LogP contribution in [-0.2, 0) is 6.54 Å². The van der Waals surface area contributed by atoms with Gasteiger partial charge in [-0.25, -0.2) is 0 Å². The van der Waals surface area contributed by atoms with E-state index in [1.54, 1.807) is 12.1 Å². The highest BCUT2D eigenvalue weighted by molar-refractivity contribution is 7.80. The number of phenolic OH excluding ortho intramolecular Hbond substituents is 1. The average Bonchev–Trinajstić information content (AvgIpc) is 3.06. The van der Waals surface area contributed by atoms with E-state index >= 15 is 0 Å². The van der Waals surface area contributed by atoms with Crippen LogP contribution in [0.5, 0.6) is 5.75 Å². The number of carbonyl (C=O) groups is 1. The lowest BCUT2D eigenvalue weighted by atomic mass is 10.1. The molecule has 4 aromatic rings. The molecule has 0 fully saturated rings. The highest BCUT2D eigenvalue weighted by Gasteiger charge is 2.21. The van der Waals surface area contributed by atoms with Crippen molar-refractivity contribution in [1.82, 2.24) is 9.88 Å². The number of nitrogens with zero attached hydrogens (tertiary/aromatic N) is 2. The van der Waals surface area contributed by atoms with Crippen molar-refractivity contribution < 1.29 is 14.8 Å². The number of nitro benzene ring substituents is 1. The summed E-state index contributed by atoms with van der Waals surface area (Å²) in [5.41, 5.74) is 4.18. The molecule has 0 saturated carbocycles. The van der Waals surface area contributed by atoms with Crippen LogP contribution in [0.15, 0.2) is 60.7 Å². The second-order valence-electron chi connectivity index (χ2n) is 7.97. The number of halogens is 1. The number of anilines is 1. The molecule has 0 aliphatic carbocycles. The lowest BCUT2D eigenvalue weighted by Crippen LogP contribution is -2.34. The number of carbonyl (C=O) groups excluding carboxylic acids is 1. The molecule has 0 bridgehead atoms. The molecule has 178 valence electrons. The average molecular weight is 509 g/mol. The van der Waals surface area contributed by atoms with Gasteiger partial charge >= 0.3 is 0 Å². The molecule has 10 heteroatoms. The number of aromatic hydroxyl groups is 1. The second kappa shape index (κ2) is 9.73. The summed E-state index contributed by atoms with van der Waals surface area (Å²) in [6.07, 6.45) is 0. The zero-order chi connectivity index (χ0) is 25.3. The number of thiocarbonyl (C=S) groups is 1. The molecule has 1 amide bonds. The summed E-state index contributed by atoms with van der Waals surface area (Å²) in [5.74, 6) is -0.817. The molecule has 0 aliphatic heterocycles. The Kier molecular flexibility index (Phi) is 6.72. The first-order valence-electron chi connectivity index (χ1n) is 10.6. The van der Waals surface area contributed by atoms with Crippen molar-refractivity contribution in [2.45, 2.75) is 20.4 Å². The van der Waals surface area contributed by atoms with Gasteiger partial charge in [-0.15, -0.1) is 0 Å². The number of nitrogens with one attached hydrogen (secondary N) is 2. The van der Waals surface area contributed by atoms with Gasteiger partial charge in [-0.2, -0.15) is 0 Å². The number of phenols is 1. The minimum Gasteiger partial charge on any atom is -0.506 e. The third-order valence-electron chi connectivity index (χ3n) is 5.85. The van der Waals surface area contributed by atoms with E-state index in [4.69, 9.17) is 23.8 Å². The number of rotatable bonds is 5. The molecule has 0 unspecified atom stereocenters. The summed E-state index contributed by atoms with van der Waals surface area (Å²) in [7, 11) is 0. The normalized spacial score (nSPS) is 10.8. The molecule has 1 aromatic heterocycles. The Balaban J connectivity index is 1.56. The molecule has 0 spiro atoms. The number of amides is 1. The van der Waals surface area contributed by atoms with Gasteiger partial charge in [0, 0.05) is 34.8 Å². The van der Waals surface area contributed by atoms with Crippen molar-refractivity contribution in [3.05, 3.63) is 98.2 Å². The molecule has 3 aromatic carbocycles. The Bertz CT molecular complexity index is 1480. The Morgan fingerprint density at radius 1 is 1.14 bits per heavy atom. The van der Waals surface area contributed by atoms with E-state index in [0.29, 0.717) is 12.1 Å². The first kappa shape index (κ1) is 24.2. The molecular weight excluding hydrogens is 488 g/mol. The molecule has 0 atom stereocenters. The summed E-state index contributed by atoms with van der Waals surface area (Å²) in [5, 5.41) is 26.7. The third-order valence-corrected chi connectivity index (χ3v) is 6.43. The predicted octanol–water partition coefficient (Wildman–Crippen LogP) is 5.70. The zero-order valence-electron chi connectivity index (χ0n) is 18.8. The highest BCUT2D eigenvalue weighted by Crippen LogP contribution is 2.38.